The number of carbonyl (C=O) groups excluding carboxylic acids is 1. The number of nitrogens with one attached hydrogen (secondary N) is 1. The second kappa shape index (κ2) is 9.18. The molecule has 0 saturated carbocycles. The Bertz CT molecular complexity index is 975. The Morgan fingerprint density at radius 1 is 0.800 bits per heavy atom. The number of anilines is 2. The lowest BCUT2D eigenvalue weighted by molar-refractivity contribution is 0.102. The number of sulfonamides is 1. The molecular formula is C23H29N3O3S. The van der Waals surface area contributed by atoms with Gasteiger partial charge in [-0.3, -0.25) is 4.79 Å². The summed E-state index contributed by atoms with van der Waals surface area (Å²) >= 11 is 0. The zero-order valence-electron chi connectivity index (χ0n) is 17.2. The van der Waals surface area contributed by atoms with Gasteiger partial charge >= 0.3 is 0 Å². The van der Waals surface area contributed by atoms with Crippen molar-refractivity contribution in [2.24, 2.45) is 0 Å². The van der Waals surface area contributed by atoms with Crippen molar-refractivity contribution in [1.29, 1.82) is 0 Å². The smallest absolute Gasteiger partial charge is 0.255 e. The molecule has 7 heteroatoms. The molecule has 1 N–H and O–H groups in total. The summed E-state index contributed by atoms with van der Waals surface area (Å²) in [7, 11) is -3.58. The molecule has 30 heavy (non-hydrogen) atoms. The molecule has 0 atom stereocenters. The van der Waals surface area contributed by atoms with Gasteiger partial charge in [-0.2, -0.15) is 4.31 Å². The summed E-state index contributed by atoms with van der Waals surface area (Å²) < 4.78 is 27.6. The van der Waals surface area contributed by atoms with E-state index < -0.39 is 10.0 Å². The van der Waals surface area contributed by atoms with Crippen molar-refractivity contribution in [3.63, 3.8) is 0 Å². The second-order valence-electron chi connectivity index (χ2n) is 8.04. The quantitative estimate of drug-likeness (QED) is 0.780. The van der Waals surface area contributed by atoms with Gasteiger partial charge in [0.05, 0.1) is 4.90 Å². The largest absolute Gasteiger partial charge is 0.372 e. The lowest BCUT2D eigenvalue weighted by Crippen LogP contribution is -2.32. The van der Waals surface area contributed by atoms with Crippen molar-refractivity contribution < 1.29 is 13.2 Å². The highest BCUT2D eigenvalue weighted by atomic mass is 32.2. The second-order valence-corrected chi connectivity index (χ2v) is 9.98. The first-order chi connectivity index (χ1) is 14.5. The van der Waals surface area contributed by atoms with Gasteiger partial charge in [0.25, 0.3) is 5.91 Å². The normalized spacial score (nSPS) is 18.2. The molecule has 2 aliphatic heterocycles. The number of benzene rings is 2. The van der Waals surface area contributed by atoms with Crippen LogP contribution in [0.2, 0.25) is 0 Å². The number of rotatable bonds is 5. The van der Waals surface area contributed by atoms with Gasteiger partial charge in [0.2, 0.25) is 10.0 Å². The van der Waals surface area contributed by atoms with Crippen LogP contribution in [0.5, 0.6) is 0 Å². The molecule has 6 nitrogen and oxygen atoms in total. The predicted molar refractivity (Wildman–Crippen MR) is 120 cm³/mol. The van der Waals surface area contributed by atoms with Crippen LogP contribution in [0.15, 0.2) is 53.4 Å². The van der Waals surface area contributed by atoms with Crippen molar-refractivity contribution >= 4 is 27.3 Å². The SMILES string of the molecule is O=C(Nc1ccc(N2CCCC2)cc1)c1cccc(S(=O)(=O)N2CCCCCC2)c1. The summed E-state index contributed by atoms with van der Waals surface area (Å²) in [6.45, 7) is 3.23. The monoisotopic (exact) mass is 427 g/mol. The van der Waals surface area contributed by atoms with Crippen molar-refractivity contribution in [2.45, 2.75) is 43.4 Å². The predicted octanol–water partition coefficient (Wildman–Crippen LogP) is 4.10. The molecule has 0 aliphatic carbocycles. The van der Waals surface area contributed by atoms with Crippen LogP contribution in [0, 0.1) is 0 Å². The Morgan fingerprint density at radius 3 is 2.10 bits per heavy atom. The minimum absolute atomic E-state index is 0.182. The van der Waals surface area contributed by atoms with Crippen molar-refractivity contribution in [3.8, 4) is 0 Å². The average Bonchev–Trinajstić information content (AvgIpc) is 3.16. The Morgan fingerprint density at radius 2 is 1.43 bits per heavy atom. The van der Waals surface area contributed by atoms with Gasteiger partial charge in [-0.05, 0) is 68.1 Å². The standard InChI is InChI=1S/C23H29N3O3S/c27-23(24-20-10-12-21(13-11-20)25-14-5-6-15-25)19-8-7-9-22(18-19)30(28,29)26-16-3-1-2-4-17-26/h7-13,18H,1-6,14-17H2,(H,24,27). The third-order valence-electron chi connectivity index (χ3n) is 5.90. The van der Waals surface area contributed by atoms with Crippen molar-refractivity contribution in [1.82, 2.24) is 4.31 Å². The molecule has 0 radical (unpaired) electrons. The first kappa shape index (κ1) is 20.9. The van der Waals surface area contributed by atoms with E-state index >= 15 is 0 Å². The van der Waals surface area contributed by atoms with E-state index in [0.29, 0.717) is 24.3 Å². The van der Waals surface area contributed by atoms with Crippen LogP contribution in [0.4, 0.5) is 11.4 Å². The fourth-order valence-corrected chi connectivity index (χ4v) is 5.73. The lowest BCUT2D eigenvalue weighted by Gasteiger charge is -2.20. The van der Waals surface area contributed by atoms with Crippen LogP contribution in [-0.2, 0) is 10.0 Å². The van der Waals surface area contributed by atoms with E-state index in [1.165, 1.54) is 18.9 Å². The van der Waals surface area contributed by atoms with Gasteiger partial charge < -0.3 is 10.2 Å². The molecule has 1 amide bonds. The summed E-state index contributed by atoms with van der Waals surface area (Å²) in [5.41, 5.74) is 2.20. The first-order valence-electron chi connectivity index (χ1n) is 10.8. The average molecular weight is 428 g/mol. The Balaban J connectivity index is 1.47. The van der Waals surface area contributed by atoms with Gasteiger partial charge in [-0.15, -0.1) is 0 Å². The molecule has 2 aromatic rings. The van der Waals surface area contributed by atoms with E-state index in [1.807, 2.05) is 24.3 Å². The Labute approximate surface area is 178 Å². The molecule has 4 rings (SSSR count). The zero-order valence-corrected chi connectivity index (χ0v) is 18.0. The summed E-state index contributed by atoms with van der Waals surface area (Å²) in [5, 5.41) is 2.88. The van der Waals surface area contributed by atoms with Crippen molar-refractivity contribution in [2.75, 3.05) is 36.4 Å². The number of hydrogen-bond acceptors (Lipinski definition) is 4. The number of amides is 1. The molecule has 2 aromatic carbocycles. The fraction of sp³-hybridized carbons (Fsp3) is 0.435. The molecular weight excluding hydrogens is 398 g/mol. The van der Waals surface area contributed by atoms with Gasteiger partial charge in [0.1, 0.15) is 0 Å². The minimum atomic E-state index is -3.58. The van der Waals surface area contributed by atoms with Crippen LogP contribution >= 0.6 is 0 Å². The van der Waals surface area contributed by atoms with Gasteiger partial charge in [-0.25, -0.2) is 8.42 Å². The van der Waals surface area contributed by atoms with E-state index in [9.17, 15) is 13.2 Å². The van der Waals surface area contributed by atoms with Crippen LogP contribution < -0.4 is 10.2 Å². The number of hydrogen-bond donors (Lipinski definition) is 1. The fourth-order valence-electron chi connectivity index (χ4n) is 4.16. The van der Waals surface area contributed by atoms with Crippen LogP contribution in [0.25, 0.3) is 0 Å². The number of nitrogens with zero attached hydrogens (tertiary/aromatic N) is 2. The zero-order chi connectivity index (χ0) is 21.0. The highest BCUT2D eigenvalue weighted by molar-refractivity contribution is 7.89. The molecule has 0 spiro atoms. The maximum absolute atomic E-state index is 13.0. The summed E-state index contributed by atoms with van der Waals surface area (Å²) in [5.74, 6) is -0.308. The molecule has 160 valence electrons. The summed E-state index contributed by atoms with van der Waals surface area (Å²) in [4.78, 5) is 15.3. The third kappa shape index (κ3) is 4.68. The van der Waals surface area contributed by atoms with Gasteiger partial charge in [-0.1, -0.05) is 18.9 Å². The van der Waals surface area contributed by atoms with Gasteiger partial charge in [0.15, 0.2) is 0 Å². The van der Waals surface area contributed by atoms with E-state index in [0.717, 1.165) is 44.5 Å². The third-order valence-corrected chi connectivity index (χ3v) is 7.79. The Hall–Kier alpha value is -2.38. The highest BCUT2D eigenvalue weighted by Crippen LogP contribution is 2.24. The highest BCUT2D eigenvalue weighted by Gasteiger charge is 2.25. The molecule has 2 aliphatic rings. The van der Waals surface area contributed by atoms with Crippen molar-refractivity contribution in [3.05, 3.63) is 54.1 Å². The topological polar surface area (TPSA) is 69.7 Å². The molecule has 2 fully saturated rings. The van der Waals surface area contributed by atoms with Crippen LogP contribution in [0.3, 0.4) is 0 Å². The van der Waals surface area contributed by atoms with Crippen LogP contribution in [0.1, 0.15) is 48.9 Å². The number of carbonyl (C=O) groups is 1. The molecule has 0 aromatic heterocycles. The Kier molecular flexibility index (Phi) is 6.39. The molecule has 0 bridgehead atoms. The summed E-state index contributed by atoms with van der Waals surface area (Å²) in [6, 6.07) is 14.1. The van der Waals surface area contributed by atoms with E-state index in [4.69, 9.17) is 0 Å². The maximum Gasteiger partial charge on any atom is 0.255 e. The first-order valence-corrected chi connectivity index (χ1v) is 12.2. The van der Waals surface area contributed by atoms with Crippen LogP contribution in [-0.4, -0.2) is 44.8 Å². The van der Waals surface area contributed by atoms with E-state index in [2.05, 4.69) is 10.2 Å². The molecule has 2 saturated heterocycles. The van der Waals surface area contributed by atoms with E-state index in [-0.39, 0.29) is 10.8 Å². The maximum atomic E-state index is 13.0. The molecule has 0 unspecified atom stereocenters. The summed E-state index contributed by atoms with van der Waals surface area (Å²) in [6.07, 6.45) is 6.32. The molecule has 2 heterocycles. The minimum Gasteiger partial charge on any atom is -0.372 e. The lowest BCUT2D eigenvalue weighted by atomic mass is 10.2. The van der Waals surface area contributed by atoms with Gasteiger partial charge in [0, 0.05) is 43.1 Å². The van der Waals surface area contributed by atoms with E-state index in [1.54, 1.807) is 22.5 Å².